The van der Waals surface area contributed by atoms with Crippen LogP contribution in [0.4, 0.5) is 13.2 Å². The Balaban J connectivity index is 1.38. The fourth-order valence-corrected chi connectivity index (χ4v) is 4.47. The van der Waals surface area contributed by atoms with Crippen LogP contribution in [0.3, 0.4) is 0 Å². The lowest BCUT2D eigenvalue weighted by Crippen LogP contribution is -2.34. The van der Waals surface area contributed by atoms with Crippen molar-refractivity contribution in [3.05, 3.63) is 83.7 Å². The van der Waals surface area contributed by atoms with Crippen LogP contribution in [0.15, 0.2) is 54.9 Å². The average Bonchev–Trinajstić information content (AvgIpc) is 3.13. The van der Waals surface area contributed by atoms with Gasteiger partial charge >= 0.3 is 0 Å². The molecule has 5 rings (SSSR count). The molecular weight excluding hydrogens is 417 g/mol. The summed E-state index contributed by atoms with van der Waals surface area (Å²) in [7, 11) is 0. The van der Waals surface area contributed by atoms with Gasteiger partial charge in [-0.15, -0.1) is 0 Å². The van der Waals surface area contributed by atoms with E-state index < -0.39 is 17.9 Å². The van der Waals surface area contributed by atoms with E-state index in [0.717, 1.165) is 30.0 Å². The summed E-state index contributed by atoms with van der Waals surface area (Å²) in [6.45, 7) is 0.562. The van der Waals surface area contributed by atoms with Crippen molar-refractivity contribution in [2.45, 2.75) is 25.0 Å². The van der Waals surface area contributed by atoms with Crippen LogP contribution in [0.1, 0.15) is 36.4 Å². The van der Waals surface area contributed by atoms with E-state index in [1.54, 1.807) is 30.6 Å². The van der Waals surface area contributed by atoms with Crippen molar-refractivity contribution in [1.29, 1.82) is 0 Å². The van der Waals surface area contributed by atoms with Crippen LogP contribution in [0.5, 0.6) is 0 Å². The van der Waals surface area contributed by atoms with Crippen molar-refractivity contribution in [2.75, 3.05) is 6.54 Å². The molecule has 0 bridgehead atoms. The lowest BCUT2D eigenvalue weighted by atomic mass is 9.70. The molecule has 1 aliphatic rings. The summed E-state index contributed by atoms with van der Waals surface area (Å²) in [5, 5.41) is 13.7. The number of aliphatic hydroxyl groups excluding tert-OH is 1. The van der Waals surface area contributed by atoms with Crippen molar-refractivity contribution < 1.29 is 18.3 Å². The Labute approximate surface area is 182 Å². The molecule has 0 amide bonds. The number of nitrogens with one attached hydrogen (secondary N) is 2. The number of aliphatic hydroxyl groups is 1. The number of hydrogen-bond acceptors (Lipinski definition) is 4. The third kappa shape index (κ3) is 3.87. The monoisotopic (exact) mass is 438 g/mol. The molecule has 8 heteroatoms. The maximum atomic E-state index is 14.5. The summed E-state index contributed by atoms with van der Waals surface area (Å²) in [4.78, 5) is 11.2. The lowest BCUT2D eigenvalue weighted by Gasteiger charge is -2.36. The van der Waals surface area contributed by atoms with Crippen molar-refractivity contribution in [3.63, 3.8) is 0 Å². The van der Waals surface area contributed by atoms with Gasteiger partial charge in [-0.2, -0.15) is 0 Å². The smallest absolute Gasteiger partial charge is 0.172 e. The summed E-state index contributed by atoms with van der Waals surface area (Å²) in [6.07, 6.45) is 3.75. The first-order valence-electron chi connectivity index (χ1n) is 10.4. The van der Waals surface area contributed by atoms with Crippen LogP contribution in [-0.4, -0.2) is 26.6 Å². The molecule has 1 fully saturated rings. The molecule has 1 atom stereocenters. The normalized spacial score (nSPS) is 19.1. The summed E-state index contributed by atoms with van der Waals surface area (Å²) in [5.41, 5.74) is 2.49. The zero-order valence-electron chi connectivity index (χ0n) is 17.0. The van der Waals surface area contributed by atoms with E-state index in [1.165, 1.54) is 18.2 Å². The van der Waals surface area contributed by atoms with Gasteiger partial charge in [0, 0.05) is 30.4 Å². The van der Waals surface area contributed by atoms with Crippen LogP contribution in [0, 0.1) is 23.4 Å². The molecule has 2 aromatic carbocycles. The van der Waals surface area contributed by atoms with Crippen LogP contribution in [0.2, 0.25) is 0 Å². The Bertz CT molecular complexity index is 1240. The van der Waals surface area contributed by atoms with Gasteiger partial charge in [-0.05, 0) is 72.2 Å². The zero-order valence-corrected chi connectivity index (χ0v) is 17.0. The molecule has 164 valence electrons. The second-order valence-corrected chi connectivity index (χ2v) is 8.18. The highest BCUT2D eigenvalue weighted by molar-refractivity contribution is 5.92. The van der Waals surface area contributed by atoms with Crippen LogP contribution >= 0.6 is 0 Å². The number of nitrogens with zero attached hydrogens (tertiary/aromatic N) is 2. The minimum absolute atomic E-state index is 0.0851. The second-order valence-electron chi connectivity index (χ2n) is 8.18. The summed E-state index contributed by atoms with van der Waals surface area (Å²) < 4.78 is 41.9. The number of benzene rings is 2. The molecule has 0 radical (unpaired) electrons. The van der Waals surface area contributed by atoms with Crippen molar-refractivity contribution in [1.82, 2.24) is 20.3 Å². The first kappa shape index (κ1) is 20.7. The van der Waals surface area contributed by atoms with Gasteiger partial charge in [-0.1, -0.05) is 0 Å². The van der Waals surface area contributed by atoms with Gasteiger partial charge in [0.1, 0.15) is 17.5 Å². The SMILES string of the molecule is OC(NCC1CC(c2c(-c3ccc(F)cc3)[nH]c3c(F)cc(F)cc23)C1)c1ncccn1. The molecule has 3 N–H and O–H groups in total. The van der Waals surface area contributed by atoms with E-state index in [4.69, 9.17) is 0 Å². The van der Waals surface area contributed by atoms with Gasteiger partial charge in [0.05, 0.1) is 11.2 Å². The first-order valence-corrected chi connectivity index (χ1v) is 10.4. The van der Waals surface area contributed by atoms with Gasteiger partial charge in [-0.3, -0.25) is 5.32 Å². The third-order valence-electron chi connectivity index (χ3n) is 6.07. The number of hydrogen-bond donors (Lipinski definition) is 3. The van der Waals surface area contributed by atoms with E-state index in [1.807, 2.05) is 0 Å². The lowest BCUT2D eigenvalue weighted by molar-refractivity contribution is 0.111. The summed E-state index contributed by atoms with van der Waals surface area (Å²) in [6, 6.07) is 9.84. The quantitative estimate of drug-likeness (QED) is 0.378. The molecule has 32 heavy (non-hydrogen) atoms. The van der Waals surface area contributed by atoms with Gasteiger partial charge in [-0.25, -0.2) is 23.1 Å². The van der Waals surface area contributed by atoms with E-state index in [0.29, 0.717) is 23.4 Å². The van der Waals surface area contributed by atoms with Crippen molar-refractivity contribution >= 4 is 10.9 Å². The molecule has 1 saturated carbocycles. The highest BCUT2D eigenvalue weighted by Crippen LogP contribution is 2.48. The van der Waals surface area contributed by atoms with E-state index in [9.17, 15) is 18.3 Å². The Kier molecular flexibility index (Phi) is 5.40. The molecule has 0 aliphatic heterocycles. The highest BCUT2D eigenvalue weighted by Gasteiger charge is 2.35. The zero-order chi connectivity index (χ0) is 22.2. The van der Waals surface area contributed by atoms with E-state index in [-0.39, 0.29) is 23.2 Å². The van der Waals surface area contributed by atoms with Crippen molar-refractivity contribution in [3.8, 4) is 11.3 Å². The van der Waals surface area contributed by atoms with Gasteiger partial charge in [0.2, 0.25) is 0 Å². The summed E-state index contributed by atoms with van der Waals surface area (Å²) in [5.74, 6) is -0.976. The number of fused-ring (bicyclic) bond motifs is 1. The predicted molar refractivity (Wildman–Crippen MR) is 114 cm³/mol. The molecule has 1 aliphatic carbocycles. The molecule has 1 unspecified atom stereocenters. The van der Waals surface area contributed by atoms with Gasteiger partial charge < -0.3 is 10.1 Å². The highest BCUT2D eigenvalue weighted by atomic mass is 19.1. The van der Waals surface area contributed by atoms with Crippen LogP contribution in [-0.2, 0) is 0 Å². The van der Waals surface area contributed by atoms with Crippen LogP contribution < -0.4 is 5.32 Å². The Morgan fingerprint density at radius 3 is 2.47 bits per heavy atom. The molecule has 5 nitrogen and oxygen atoms in total. The van der Waals surface area contributed by atoms with Gasteiger partial charge in [0.25, 0.3) is 0 Å². The fraction of sp³-hybridized carbons (Fsp3) is 0.250. The number of halogens is 3. The summed E-state index contributed by atoms with van der Waals surface area (Å²) >= 11 is 0. The molecule has 0 saturated heterocycles. The van der Waals surface area contributed by atoms with Crippen molar-refractivity contribution in [2.24, 2.45) is 5.92 Å². The Hall–Kier alpha value is -3.23. The largest absolute Gasteiger partial charge is 0.371 e. The van der Waals surface area contributed by atoms with Gasteiger partial charge in [0.15, 0.2) is 12.1 Å². The Morgan fingerprint density at radius 2 is 1.75 bits per heavy atom. The minimum atomic E-state index is -0.957. The van der Waals surface area contributed by atoms with E-state index in [2.05, 4.69) is 20.3 Å². The molecule has 2 aromatic heterocycles. The second kappa shape index (κ2) is 8.37. The number of rotatable bonds is 6. The molecule has 2 heterocycles. The Morgan fingerprint density at radius 1 is 1.03 bits per heavy atom. The standard InChI is InChI=1S/C24H21F3N4O/c25-16-4-2-14(3-5-16)21-20(18-10-17(26)11-19(27)22(18)31-21)15-8-13(9-15)12-30-24(32)23-28-6-1-7-29-23/h1-7,10-11,13,15,24,30-32H,8-9,12H2. The molecule has 0 spiro atoms. The number of H-pyrrole nitrogens is 1. The number of aromatic nitrogens is 3. The predicted octanol–water partition coefficient (Wildman–Crippen LogP) is 4.82. The van der Waals surface area contributed by atoms with Crippen LogP contribution in [0.25, 0.3) is 22.2 Å². The third-order valence-corrected chi connectivity index (χ3v) is 6.07. The average molecular weight is 438 g/mol. The maximum absolute atomic E-state index is 14.5. The molecular formula is C24H21F3N4O. The molecule has 4 aromatic rings. The van der Waals surface area contributed by atoms with E-state index >= 15 is 0 Å². The topological polar surface area (TPSA) is 73.8 Å². The number of aromatic amines is 1. The first-order chi connectivity index (χ1) is 15.5. The maximum Gasteiger partial charge on any atom is 0.172 e. The minimum Gasteiger partial charge on any atom is -0.371 e. The fourth-order valence-electron chi connectivity index (χ4n) is 4.47.